The van der Waals surface area contributed by atoms with Gasteiger partial charge in [-0.05, 0) is 49.9 Å². The lowest BCUT2D eigenvalue weighted by Crippen LogP contribution is -2.41. The van der Waals surface area contributed by atoms with Crippen LogP contribution in [0.25, 0.3) is 0 Å². The van der Waals surface area contributed by atoms with E-state index in [1.807, 2.05) is 0 Å². The van der Waals surface area contributed by atoms with E-state index in [0.717, 1.165) is 5.75 Å². The second kappa shape index (κ2) is 8.97. The molecule has 2 unspecified atom stereocenters. The first kappa shape index (κ1) is 19.4. The predicted molar refractivity (Wildman–Crippen MR) is 87.7 cm³/mol. The summed E-state index contributed by atoms with van der Waals surface area (Å²) >= 11 is 0. The number of ether oxygens (including phenoxy) is 2. The molecule has 0 spiro atoms. The summed E-state index contributed by atoms with van der Waals surface area (Å²) in [5.74, 6) is -0.103. The van der Waals surface area contributed by atoms with Gasteiger partial charge in [-0.2, -0.15) is 13.2 Å². The highest BCUT2D eigenvalue weighted by molar-refractivity contribution is 5.76. The van der Waals surface area contributed by atoms with Crippen LogP contribution in [-0.2, 0) is 4.79 Å². The van der Waals surface area contributed by atoms with Crippen molar-refractivity contribution >= 4 is 5.91 Å². The summed E-state index contributed by atoms with van der Waals surface area (Å²) in [6.07, 6.45) is -2.17. The summed E-state index contributed by atoms with van der Waals surface area (Å²) in [6.45, 7) is 0.371. The molecule has 1 aromatic carbocycles. The molecule has 0 radical (unpaired) electrons. The van der Waals surface area contributed by atoms with Crippen LogP contribution in [0.15, 0.2) is 24.3 Å². The number of amides is 1. The topological polar surface area (TPSA) is 47.6 Å². The molecule has 0 heterocycles. The Morgan fingerprint density at radius 2 is 1.88 bits per heavy atom. The highest BCUT2D eigenvalue weighted by Gasteiger charge is 2.42. The third kappa shape index (κ3) is 6.48. The zero-order chi connectivity index (χ0) is 18.3. The molecule has 1 N–H and O–H groups in total. The molecule has 0 bridgehead atoms. The van der Waals surface area contributed by atoms with Gasteiger partial charge < -0.3 is 14.8 Å². The molecule has 0 aliphatic heterocycles. The predicted octanol–water partition coefficient (Wildman–Crippen LogP) is 4.09. The van der Waals surface area contributed by atoms with Gasteiger partial charge in [0, 0.05) is 12.5 Å². The molecule has 1 aliphatic rings. The van der Waals surface area contributed by atoms with Gasteiger partial charge in [0.1, 0.15) is 11.5 Å². The Morgan fingerprint density at radius 3 is 2.52 bits per heavy atom. The number of hydrogen-bond acceptors (Lipinski definition) is 3. The first-order valence-corrected chi connectivity index (χ1v) is 8.51. The van der Waals surface area contributed by atoms with Gasteiger partial charge in [-0.15, -0.1) is 0 Å². The summed E-state index contributed by atoms with van der Waals surface area (Å²) in [7, 11) is 1.58. The monoisotopic (exact) mass is 359 g/mol. The van der Waals surface area contributed by atoms with Crippen molar-refractivity contribution in [2.45, 2.75) is 50.7 Å². The van der Waals surface area contributed by atoms with Crippen LogP contribution in [0.5, 0.6) is 11.5 Å². The van der Waals surface area contributed by atoms with E-state index >= 15 is 0 Å². The number of nitrogens with one attached hydrogen (secondary N) is 1. The van der Waals surface area contributed by atoms with Gasteiger partial charge in [-0.3, -0.25) is 4.79 Å². The van der Waals surface area contributed by atoms with Crippen molar-refractivity contribution in [3.8, 4) is 11.5 Å². The Balaban J connectivity index is 1.65. The van der Waals surface area contributed by atoms with E-state index in [-0.39, 0.29) is 31.2 Å². The van der Waals surface area contributed by atoms with E-state index in [1.54, 1.807) is 31.4 Å². The van der Waals surface area contributed by atoms with Crippen LogP contribution in [0.3, 0.4) is 0 Å². The van der Waals surface area contributed by atoms with Gasteiger partial charge in [0.2, 0.25) is 5.91 Å². The molecule has 1 saturated carbocycles. The number of hydrogen-bond donors (Lipinski definition) is 1. The number of halogens is 3. The molecule has 2 rings (SSSR count). The summed E-state index contributed by atoms with van der Waals surface area (Å²) in [5, 5.41) is 2.72. The molecule has 140 valence electrons. The van der Waals surface area contributed by atoms with Gasteiger partial charge in [0.15, 0.2) is 0 Å². The van der Waals surface area contributed by atoms with Gasteiger partial charge in [-0.1, -0.05) is 6.42 Å². The minimum atomic E-state index is -4.17. The number of benzene rings is 1. The van der Waals surface area contributed by atoms with Crippen LogP contribution in [0.4, 0.5) is 13.2 Å². The fraction of sp³-hybridized carbons (Fsp3) is 0.611. The van der Waals surface area contributed by atoms with Gasteiger partial charge in [0.25, 0.3) is 0 Å². The summed E-state index contributed by atoms with van der Waals surface area (Å²) < 4.78 is 48.9. The fourth-order valence-electron chi connectivity index (χ4n) is 3.01. The molecule has 7 heteroatoms. The highest BCUT2D eigenvalue weighted by Crippen LogP contribution is 2.37. The average molecular weight is 359 g/mol. The normalized spacial score (nSPS) is 20.8. The number of alkyl halides is 3. The van der Waals surface area contributed by atoms with Gasteiger partial charge in [-0.25, -0.2) is 0 Å². The molecule has 0 aromatic heterocycles. The Kier molecular flexibility index (Phi) is 6.96. The molecule has 1 fully saturated rings. The number of carbonyl (C=O) groups excluding carboxylic acids is 1. The summed E-state index contributed by atoms with van der Waals surface area (Å²) in [4.78, 5) is 11.9. The van der Waals surface area contributed by atoms with Crippen molar-refractivity contribution in [1.29, 1.82) is 0 Å². The first-order valence-electron chi connectivity index (χ1n) is 8.51. The van der Waals surface area contributed by atoms with E-state index in [4.69, 9.17) is 9.47 Å². The largest absolute Gasteiger partial charge is 0.497 e. The van der Waals surface area contributed by atoms with E-state index in [0.29, 0.717) is 31.6 Å². The lowest BCUT2D eigenvalue weighted by Gasteiger charge is -2.31. The third-order valence-electron chi connectivity index (χ3n) is 4.38. The molecule has 1 amide bonds. The lowest BCUT2D eigenvalue weighted by atomic mass is 9.85. The minimum Gasteiger partial charge on any atom is -0.497 e. The summed E-state index contributed by atoms with van der Waals surface area (Å²) in [5.41, 5.74) is 0. The van der Waals surface area contributed by atoms with Crippen LogP contribution >= 0.6 is 0 Å². The van der Waals surface area contributed by atoms with Crippen molar-refractivity contribution in [2.75, 3.05) is 13.7 Å². The number of methoxy groups -OCH3 is 1. The van der Waals surface area contributed by atoms with Crippen molar-refractivity contribution in [1.82, 2.24) is 5.32 Å². The third-order valence-corrected chi connectivity index (χ3v) is 4.38. The minimum absolute atomic E-state index is 0.0163. The Morgan fingerprint density at radius 1 is 1.20 bits per heavy atom. The lowest BCUT2D eigenvalue weighted by molar-refractivity contribution is -0.184. The van der Waals surface area contributed by atoms with E-state index in [1.165, 1.54) is 0 Å². The van der Waals surface area contributed by atoms with Crippen molar-refractivity contribution in [3.63, 3.8) is 0 Å². The van der Waals surface area contributed by atoms with E-state index in [9.17, 15) is 18.0 Å². The Labute approximate surface area is 145 Å². The maximum Gasteiger partial charge on any atom is 0.391 e. The van der Waals surface area contributed by atoms with Crippen molar-refractivity contribution in [2.24, 2.45) is 5.92 Å². The quantitative estimate of drug-likeness (QED) is 0.746. The zero-order valence-electron chi connectivity index (χ0n) is 14.3. The molecular formula is C18H24F3NO3. The van der Waals surface area contributed by atoms with E-state index in [2.05, 4.69) is 5.32 Å². The maximum absolute atomic E-state index is 12.8. The van der Waals surface area contributed by atoms with Crippen LogP contribution in [-0.4, -0.2) is 31.8 Å². The van der Waals surface area contributed by atoms with Crippen LogP contribution in [0.1, 0.15) is 38.5 Å². The van der Waals surface area contributed by atoms with Crippen LogP contribution in [0.2, 0.25) is 0 Å². The second-order valence-corrected chi connectivity index (χ2v) is 6.30. The van der Waals surface area contributed by atoms with E-state index < -0.39 is 12.1 Å². The van der Waals surface area contributed by atoms with Gasteiger partial charge >= 0.3 is 6.18 Å². The van der Waals surface area contributed by atoms with Crippen LogP contribution < -0.4 is 14.8 Å². The molecule has 1 aromatic rings. The SMILES string of the molecule is COc1ccc(OCCCC(=O)NC2CCCC(C(F)(F)F)C2)cc1. The zero-order valence-corrected chi connectivity index (χ0v) is 14.3. The molecule has 0 saturated heterocycles. The van der Waals surface area contributed by atoms with Crippen LogP contribution in [0, 0.1) is 5.92 Å². The van der Waals surface area contributed by atoms with Crippen molar-refractivity contribution in [3.05, 3.63) is 24.3 Å². The van der Waals surface area contributed by atoms with Gasteiger partial charge in [0.05, 0.1) is 19.6 Å². The fourth-order valence-corrected chi connectivity index (χ4v) is 3.01. The Bertz CT molecular complexity index is 545. The average Bonchev–Trinajstić information content (AvgIpc) is 2.59. The Hall–Kier alpha value is -1.92. The molecule has 4 nitrogen and oxygen atoms in total. The smallest absolute Gasteiger partial charge is 0.391 e. The molecule has 25 heavy (non-hydrogen) atoms. The summed E-state index contributed by atoms with van der Waals surface area (Å²) in [6, 6.07) is 6.73. The molecule has 1 aliphatic carbocycles. The van der Waals surface area contributed by atoms with Crippen molar-refractivity contribution < 1.29 is 27.4 Å². The standard InChI is InChI=1S/C18H24F3NO3/c1-24-15-7-9-16(10-8-15)25-11-3-6-17(23)22-14-5-2-4-13(12-14)18(19,20)21/h7-10,13-14H,2-6,11-12H2,1H3,(H,22,23). The number of carbonyl (C=O) groups is 1. The maximum atomic E-state index is 12.8. The first-order chi connectivity index (χ1) is 11.9. The highest BCUT2D eigenvalue weighted by atomic mass is 19.4. The number of rotatable bonds is 7. The molecule has 2 atom stereocenters. The second-order valence-electron chi connectivity index (χ2n) is 6.30. The molecular weight excluding hydrogens is 335 g/mol.